The first kappa shape index (κ1) is 29.6. The molecule has 2 aliphatic rings. The Morgan fingerprint density at radius 1 is 1.08 bits per heavy atom. The van der Waals surface area contributed by atoms with Gasteiger partial charge in [0, 0.05) is 44.6 Å². The van der Waals surface area contributed by atoms with Crippen molar-refractivity contribution < 1.29 is 27.4 Å². The molecule has 11 heteroatoms. The summed E-state index contributed by atoms with van der Waals surface area (Å²) in [7, 11) is -1.20. The molecule has 7 nitrogen and oxygen atoms in total. The Morgan fingerprint density at radius 2 is 1.79 bits per heavy atom. The first-order chi connectivity index (χ1) is 18.5. The van der Waals surface area contributed by atoms with Gasteiger partial charge in [0.1, 0.15) is 12.5 Å². The number of primary amides is 1. The Bertz CT molecular complexity index is 1120. The Morgan fingerprint density at radius 3 is 2.49 bits per heavy atom. The van der Waals surface area contributed by atoms with Gasteiger partial charge in [-0.25, -0.2) is 22.6 Å². The zero-order chi connectivity index (χ0) is 28.2. The van der Waals surface area contributed by atoms with Crippen LogP contribution in [0.3, 0.4) is 0 Å². The lowest BCUT2D eigenvalue weighted by molar-refractivity contribution is -0.0178. The van der Waals surface area contributed by atoms with Gasteiger partial charge in [0.25, 0.3) is 0 Å². The molecule has 0 bridgehead atoms. The quantitative estimate of drug-likeness (QED) is 0.218. The van der Waals surface area contributed by atoms with Gasteiger partial charge in [-0.3, -0.25) is 0 Å². The maximum atomic E-state index is 14.3. The van der Waals surface area contributed by atoms with Crippen LogP contribution in [0.2, 0.25) is 25.7 Å². The molecule has 1 aromatic carbocycles. The molecular weight excluding hydrogens is 525 g/mol. The van der Waals surface area contributed by atoms with Crippen LogP contribution in [0.4, 0.5) is 18.0 Å². The molecule has 2 aromatic rings. The van der Waals surface area contributed by atoms with E-state index in [0.717, 1.165) is 36.7 Å². The number of likely N-dealkylation sites (tertiary alicyclic amines) is 1. The van der Waals surface area contributed by atoms with Crippen LogP contribution in [-0.2, 0) is 16.2 Å². The first-order valence-corrected chi connectivity index (χ1v) is 17.7. The summed E-state index contributed by atoms with van der Waals surface area (Å²) in [6, 6.07) is 4.10. The van der Waals surface area contributed by atoms with Crippen LogP contribution >= 0.6 is 0 Å². The Kier molecular flexibility index (Phi) is 9.76. The molecule has 2 fully saturated rings. The molecule has 216 valence electrons. The van der Waals surface area contributed by atoms with Crippen LogP contribution < -0.4 is 5.73 Å². The normalized spacial score (nSPS) is 24.2. The highest BCUT2D eigenvalue weighted by Crippen LogP contribution is 2.38. The van der Waals surface area contributed by atoms with E-state index in [1.165, 1.54) is 0 Å². The third-order valence-corrected chi connectivity index (χ3v) is 9.77. The number of benzene rings is 1. The highest BCUT2D eigenvalue weighted by molar-refractivity contribution is 6.76. The Hall–Kier alpha value is -2.37. The number of rotatable bonds is 10. The fourth-order valence-corrected chi connectivity index (χ4v) is 6.60. The summed E-state index contributed by atoms with van der Waals surface area (Å²) in [6.07, 6.45) is 5.50. The number of nitrogens with zero attached hydrogens (tertiary/aromatic N) is 3. The maximum absolute atomic E-state index is 14.3. The van der Waals surface area contributed by atoms with Gasteiger partial charge in [-0.1, -0.05) is 19.6 Å². The highest BCUT2D eigenvalue weighted by Gasteiger charge is 2.37. The van der Waals surface area contributed by atoms with Gasteiger partial charge in [0.2, 0.25) is 0 Å². The maximum Gasteiger partial charge on any atom is 0.315 e. The van der Waals surface area contributed by atoms with Gasteiger partial charge < -0.3 is 20.1 Å². The highest BCUT2D eigenvalue weighted by atomic mass is 28.3. The monoisotopic (exact) mass is 566 g/mol. The first-order valence-electron chi connectivity index (χ1n) is 14.0. The van der Waals surface area contributed by atoms with E-state index in [9.17, 15) is 18.0 Å². The second kappa shape index (κ2) is 12.9. The second-order valence-electron chi connectivity index (χ2n) is 12.0. The average Bonchev–Trinajstić information content (AvgIpc) is 3.36. The number of halogens is 3. The number of nitrogens with two attached hydrogens (primary N) is 1. The van der Waals surface area contributed by atoms with Crippen LogP contribution in [0.1, 0.15) is 61.6 Å². The van der Waals surface area contributed by atoms with E-state index < -0.39 is 31.6 Å². The predicted octanol–water partition coefficient (Wildman–Crippen LogP) is 5.98. The zero-order valence-corrected chi connectivity index (χ0v) is 24.2. The van der Waals surface area contributed by atoms with Crippen LogP contribution in [0.5, 0.6) is 0 Å². The SMILES string of the molecule is C[Si](C)(C)CCOCn1nccc1C1CCCN(C(N)=O)C1CO[C@H]1CC[C@@H](c2c(F)ccc(F)c2F)CC1. The molecule has 2 atom stereocenters. The summed E-state index contributed by atoms with van der Waals surface area (Å²) in [5.41, 5.74) is 6.59. The molecule has 39 heavy (non-hydrogen) atoms. The molecule has 1 aromatic heterocycles. The van der Waals surface area contributed by atoms with Crippen LogP contribution in [-0.4, -0.2) is 60.7 Å². The minimum Gasteiger partial charge on any atom is -0.376 e. The Labute approximate surface area is 229 Å². The molecular formula is C28H41F3N4O3Si. The van der Waals surface area contributed by atoms with Crippen molar-refractivity contribution in [2.45, 2.75) is 94.9 Å². The van der Waals surface area contributed by atoms with E-state index in [1.54, 1.807) is 11.1 Å². The fourth-order valence-electron chi connectivity index (χ4n) is 5.85. The Balaban J connectivity index is 1.39. The van der Waals surface area contributed by atoms with Gasteiger partial charge in [0.05, 0.1) is 18.8 Å². The molecule has 1 saturated carbocycles. The molecule has 0 spiro atoms. The topological polar surface area (TPSA) is 82.6 Å². The smallest absolute Gasteiger partial charge is 0.315 e. The predicted molar refractivity (Wildman–Crippen MR) is 146 cm³/mol. The minimum absolute atomic E-state index is 0.0128. The lowest BCUT2D eigenvalue weighted by Crippen LogP contribution is -2.52. The van der Waals surface area contributed by atoms with Gasteiger partial charge >= 0.3 is 6.03 Å². The van der Waals surface area contributed by atoms with Crippen molar-refractivity contribution in [3.05, 3.63) is 53.1 Å². The molecule has 1 aliphatic carbocycles. The number of ether oxygens (including phenoxy) is 2. The summed E-state index contributed by atoms with van der Waals surface area (Å²) in [5.74, 6) is -3.23. The van der Waals surface area contributed by atoms with Crippen molar-refractivity contribution in [2.24, 2.45) is 5.73 Å². The molecule has 0 radical (unpaired) electrons. The van der Waals surface area contributed by atoms with E-state index in [1.807, 2.05) is 10.7 Å². The van der Waals surface area contributed by atoms with Crippen LogP contribution in [0.25, 0.3) is 0 Å². The average molecular weight is 567 g/mol. The van der Waals surface area contributed by atoms with E-state index in [4.69, 9.17) is 15.2 Å². The minimum atomic E-state index is -1.20. The number of carbonyl (C=O) groups is 1. The number of amides is 2. The fraction of sp³-hybridized carbons (Fsp3) is 0.643. The van der Waals surface area contributed by atoms with Crippen LogP contribution in [0.15, 0.2) is 24.4 Å². The number of piperidine rings is 1. The lowest BCUT2D eigenvalue weighted by atomic mass is 9.82. The standard InChI is InChI=1S/C28H41F3N4O3Si/c1-39(2,3)16-15-37-18-35-24(12-13-33-35)21-5-4-14-34(28(32)36)25(21)17-38-20-8-6-19(7-9-20)26-22(29)10-11-23(30)27(26)31/h10-13,19-21,25H,4-9,14-18H2,1-3H3,(H2,32,36)/t19-,20+,21?,25?. The third-order valence-electron chi connectivity index (χ3n) is 8.07. The largest absolute Gasteiger partial charge is 0.376 e. The van der Waals surface area contributed by atoms with Crippen molar-refractivity contribution in [3.8, 4) is 0 Å². The molecule has 2 amide bonds. The lowest BCUT2D eigenvalue weighted by Gasteiger charge is -2.41. The summed E-state index contributed by atoms with van der Waals surface area (Å²) < 4.78 is 56.4. The van der Waals surface area contributed by atoms with Crippen molar-refractivity contribution in [2.75, 3.05) is 19.8 Å². The molecule has 2 heterocycles. The molecule has 2 unspecified atom stereocenters. The van der Waals surface area contributed by atoms with E-state index in [-0.39, 0.29) is 29.5 Å². The van der Waals surface area contributed by atoms with Gasteiger partial charge in [-0.2, -0.15) is 5.10 Å². The van der Waals surface area contributed by atoms with Gasteiger partial charge in [-0.15, -0.1) is 0 Å². The van der Waals surface area contributed by atoms with Crippen molar-refractivity contribution in [1.29, 1.82) is 0 Å². The molecule has 1 aliphatic heterocycles. The molecule has 2 N–H and O–H groups in total. The van der Waals surface area contributed by atoms with Crippen LogP contribution in [0, 0.1) is 17.5 Å². The van der Waals surface area contributed by atoms with Gasteiger partial charge in [-0.05, 0) is 68.7 Å². The second-order valence-corrected chi connectivity index (χ2v) is 17.6. The summed E-state index contributed by atoms with van der Waals surface area (Å²) in [5, 5.41) is 4.48. The van der Waals surface area contributed by atoms with E-state index in [2.05, 4.69) is 24.7 Å². The number of carbonyl (C=O) groups excluding carboxylic acids is 1. The summed E-state index contributed by atoms with van der Waals surface area (Å²) in [4.78, 5) is 14.0. The van der Waals surface area contributed by atoms with Crippen molar-refractivity contribution in [3.63, 3.8) is 0 Å². The number of aromatic nitrogens is 2. The third kappa shape index (κ3) is 7.43. The summed E-state index contributed by atoms with van der Waals surface area (Å²) >= 11 is 0. The number of hydrogen-bond acceptors (Lipinski definition) is 4. The van der Waals surface area contributed by atoms with Crippen molar-refractivity contribution >= 4 is 14.1 Å². The number of hydrogen-bond donors (Lipinski definition) is 1. The van der Waals surface area contributed by atoms with Gasteiger partial charge in [0.15, 0.2) is 11.6 Å². The zero-order valence-electron chi connectivity index (χ0n) is 23.2. The molecule has 1 saturated heterocycles. The van der Waals surface area contributed by atoms with Crippen molar-refractivity contribution in [1.82, 2.24) is 14.7 Å². The van der Waals surface area contributed by atoms with E-state index in [0.29, 0.717) is 52.2 Å². The molecule has 4 rings (SSSR count). The summed E-state index contributed by atoms with van der Waals surface area (Å²) in [6.45, 7) is 8.83. The number of urea groups is 1. The van der Waals surface area contributed by atoms with E-state index >= 15 is 0 Å².